The summed E-state index contributed by atoms with van der Waals surface area (Å²) in [6, 6.07) is 0. The van der Waals surface area contributed by atoms with Crippen molar-refractivity contribution in [1.82, 2.24) is 0 Å². The number of allylic oxidation sites excluding steroid dienone is 2. The van der Waals surface area contributed by atoms with E-state index in [1.807, 2.05) is 11.1 Å². The molecule has 0 aromatic heterocycles. The van der Waals surface area contributed by atoms with Gasteiger partial charge in [-0.25, -0.2) is 4.79 Å². The SMILES string of the molecule is C1CC2=C3CCC(C3)C2C1.C=CC(=O)O. The van der Waals surface area contributed by atoms with Crippen LogP contribution in [0.25, 0.3) is 0 Å². The standard InChI is InChI=1S/C10H14.C3H4O2/c1-2-9-7-4-5-8(6-7)10(9)3-1;1-2-3(4)5/h7,9H,1-6H2;2H,1H2,(H,4,5). The van der Waals surface area contributed by atoms with E-state index in [2.05, 4.69) is 6.58 Å². The molecular weight excluding hydrogens is 188 g/mol. The third-order valence-electron chi connectivity index (χ3n) is 3.93. The Morgan fingerprint density at radius 2 is 2.13 bits per heavy atom. The lowest BCUT2D eigenvalue weighted by molar-refractivity contribution is -0.131. The van der Waals surface area contributed by atoms with E-state index in [1.54, 1.807) is 0 Å². The molecule has 1 N–H and O–H groups in total. The van der Waals surface area contributed by atoms with E-state index >= 15 is 0 Å². The first-order valence-electron chi connectivity index (χ1n) is 5.78. The van der Waals surface area contributed by atoms with Crippen LogP contribution in [-0.4, -0.2) is 11.1 Å². The van der Waals surface area contributed by atoms with E-state index in [0.29, 0.717) is 0 Å². The highest BCUT2D eigenvalue weighted by Crippen LogP contribution is 2.54. The minimum atomic E-state index is -0.981. The van der Waals surface area contributed by atoms with Gasteiger partial charge in [0.1, 0.15) is 0 Å². The van der Waals surface area contributed by atoms with Gasteiger partial charge in [-0.05, 0) is 50.4 Å². The van der Waals surface area contributed by atoms with Crippen molar-refractivity contribution in [3.05, 3.63) is 23.8 Å². The van der Waals surface area contributed by atoms with E-state index in [9.17, 15) is 4.79 Å². The molecule has 2 unspecified atom stereocenters. The van der Waals surface area contributed by atoms with Gasteiger partial charge in [-0.1, -0.05) is 17.7 Å². The van der Waals surface area contributed by atoms with E-state index in [0.717, 1.165) is 17.9 Å². The van der Waals surface area contributed by atoms with Gasteiger partial charge in [-0.3, -0.25) is 0 Å². The van der Waals surface area contributed by atoms with Crippen LogP contribution in [0.4, 0.5) is 0 Å². The monoisotopic (exact) mass is 206 g/mol. The molecule has 2 saturated carbocycles. The molecule has 0 amide bonds. The Labute approximate surface area is 90.7 Å². The Morgan fingerprint density at radius 3 is 2.73 bits per heavy atom. The van der Waals surface area contributed by atoms with E-state index in [-0.39, 0.29) is 0 Å². The van der Waals surface area contributed by atoms with Crippen molar-refractivity contribution < 1.29 is 9.90 Å². The van der Waals surface area contributed by atoms with Crippen LogP contribution in [0.1, 0.15) is 38.5 Å². The molecule has 2 bridgehead atoms. The minimum absolute atomic E-state index is 0.833. The van der Waals surface area contributed by atoms with Crippen LogP contribution in [0.15, 0.2) is 23.8 Å². The van der Waals surface area contributed by atoms with Crippen molar-refractivity contribution in [2.45, 2.75) is 38.5 Å². The van der Waals surface area contributed by atoms with Crippen LogP contribution < -0.4 is 0 Å². The highest BCUT2D eigenvalue weighted by molar-refractivity contribution is 5.78. The zero-order valence-corrected chi connectivity index (χ0v) is 9.04. The van der Waals surface area contributed by atoms with Crippen LogP contribution in [-0.2, 0) is 4.79 Å². The van der Waals surface area contributed by atoms with Gasteiger partial charge in [0.05, 0.1) is 0 Å². The molecular formula is C13H18O2. The zero-order valence-electron chi connectivity index (χ0n) is 9.04. The topological polar surface area (TPSA) is 37.3 Å². The Bertz CT molecular complexity index is 314. The zero-order chi connectivity index (χ0) is 10.8. The van der Waals surface area contributed by atoms with Crippen LogP contribution >= 0.6 is 0 Å². The first kappa shape index (κ1) is 10.5. The third-order valence-corrected chi connectivity index (χ3v) is 3.93. The molecule has 0 aromatic carbocycles. The lowest BCUT2D eigenvalue weighted by Gasteiger charge is -2.16. The van der Waals surface area contributed by atoms with Crippen LogP contribution in [0.2, 0.25) is 0 Å². The van der Waals surface area contributed by atoms with Crippen molar-refractivity contribution in [2.75, 3.05) is 0 Å². The molecule has 2 fully saturated rings. The normalized spacial score (nSPS) is 30.9. The van der Waals surface area contributed by atoms with Gasteiger partial charge in [0.25, 0.3) is 0 Å². The number of hydrogen-bond acceptors (Lipinski definition) is 1. The summed E-state index contributed by atoms with van der Waals surface area (Å²) >= 11 is 0. The quantitative estimate of drug-likeness (QED) is 0.528. The first-order chi connectivity index (χ1) is 7.22. The third kappa shape index (κ3) is 1.99. The van der Waals surface area contributed by atoms with Gasteiger partial charge in [-0.2, -0.15) is 0 Å². The lowest BCUT2D eigenvalue weighted by atomic mass is 9.89. The maximum atomic E-state index is 9.25. The summed E-state index contributed by atoms with van der Waals surface area (Å²) in [7, 11) is 0. The molecule has 82 valence electrons. The van der Waals surface area contributed by atoms with E-state index < -0.39 is 5.97 Å². The number of carboxylic acid groups (broad SMARTS) is 1. The molecule has 0 aliphatic heterocycles. The molecule has 0 spiro atoms. The van der Waals surface area contributed by atoms with Crippen LogP contribution in [0.3, 0.4) is 0 Å². The number of fused-ring (bicyclic) bond motifs is 4. The average Bonchev–Trinajstić information content (AvgIpc) is 2.91. The molecule has 2 heteroatoms. The predicted octanol–water partition coefficient (Wildman–Crippen LogP) is 3.15. The summed E-state index contributed by atoms with van der Waals surface area (Å²) < 4.78 is 0. The van der Waals surface area contributed by atoms with Crippen molar-refractivity contribution >= 4 is 5.97 Å². The smallest absolute Gasteiger partial charge is 0.327 e. The summed E-state index contributed by atoms with van der Waals surface area (Å²) in [6.07, 6.45) is 9.83. The summed E-state index contributed by atoms with van der Waals surface area (Å²) in [5.74, 6) is 1.22. The molecule has 2 atom stereocenters. The average molecular weight is 206 g/mol. The number of aliphatic carboxylic acids is 1. The highest BCUT2D eigenvalue weighted by Gasteiger charge is 2.40. The van der Waals surface area contributed by atoms with E-state index in [4.69, 9.17) is 5.11 Å². The van der Waals surface area contributed by atoms with Crippen molar-refractivity contribution in [2.24, 2.45) is 11.8 Å². The molecule has 0 aromatic rings. The maximum absolute atomic E-state index is 9.25. The summed E-state index contributed by atoms with van der Waals surface area (Å²) in [5.41, 5.74) is 3.80. The second-order valence-corrected chi connectivity index (χ2v) is 4.67. The molecule has 15 heavy (non-hydrogen) atoms. The second kappa shape index (κ2) is 4.21. The summed E-state index contributed by atoms with van der Waals surface area (Å²) in [4.78, 5) is 9.25. The Hall–Kier alpha value is -1.05. The fourth-order valence-electron chi connectivity index (χ4n) is 3.35. The molecule has 3 aliphatic rings. The van der Waals surface area contributed by atoms with E-state index in [1.165, 1.54) is 38.5 Å². The molecule has 2 nitrogen and oxygen atoms in total. The number of hydrogen-bond donors (Lipinski definition) is 1. The largest absolute Gasteiger partial charge is 0.478 e. The summed E-state index contributed by atoms with van der Waals surface area (Å²) in [5, 5.41) is 7.60. The first-order valence-corrected chi connectivity index (χ1v) is 5.78. The minimum Gasteiger partial charge on any atom is -0.478 e. The summed E-state index contributed by atoms with van der Waals surface area (Å²) in [6.45, 7) is 2.96. The fourth-order valence-corrected chi connectivity index (χ4v) is 3.35. The Kier molecular flexibility index (Phi) is 2.94. The van der Waals surface area contributed by atoms with Gasteiger partial charge in [0, 0.05) is 6.08 Å². The molecule has 3 aliphatic carbocycles. The van der Waals surface area contributed by atoms with Gasteiger partial charge >= 0.3 is 5.97 Å². The Morgan fingerprint density at radius 1 is 1.40 bits per heavy atom. The van der Waals surface area contributed by atoms with Crippen molar-refractivity contribution in [3.63, 3.8) is 0 Å². The fraction of sp³-hybridized carbons (Fsp3) is 0.615. The van der Waals surface area contributed by atoms with Gasteiger partial charge in [0.2, 0.25) is 0 Å². The Balaban J connectivity index is 0.000000149. The van der Waals surface area contributed by atoms with Gasteiger partial charge < -0.3 is 5.11 Å². The number of carboxylic acids is 1. The predicted molar refractivity (Wildman–Crippen MR) is 59.5 cm³/mol. The van der Waals surface area contributed by atoms with Crippen LogP contribution in [0.5, 0.6) is 0 Å². The highest BCUT2D eigenvalue weighted by atomic mass is 16.4. The maximum Gasteiger partial charge on any atom is 0.327 e. The lowest BCUT2D eigenvalue weighted by Crippen LogP contribution is -2.06. The number of carbonyl (C=O) groups is 1. The number of rotatable bonds is 1. The molecule has 0 heterocycles. The van der Waals surface area contributed by atoms with Gasteiger partial charge in [-0.15, -0.1) is 0 Å². The molecule has 0 radical (unpaired) electrons. The van der Waals surface area contributed by atoms with Crippen molar-refractivity contribution in [3.8, 4) is 0 Å². The molecule has 3 rings (SSSR count). The van der Waals surface area contributed by atoms with Crippen LogP contribution in [0, 0.1) is 11.8 Å². The molecule has 0 saturated heterocycles. The second-order valence-electron chi connectivity index (χ2n) is 4.67. The van der Waals surface area contributed by atoms with Gasteiger partial charge in [0.15, 0.2) is 0 Å². The van der Waals surface area contributed by atoms with Crippen molar-refractivity contribution in [1.29, 1.82) is 0 Å².